The lowest BCUT2D eigenvalue weighted by molar-refractivity contribution is -0.138. The molecule has 204 valence electrons. The van der Waals surface area contributed by atoms with Crippen LogP contribution >= 0.6 is 0 Å². The molecule has 14 heteroatoms. The zero-order chi connectivity index (χ0) is 27.9. The molecule has 1 amide bonds. The van der Waals surface area contributed by atoms with Crippen LogP contribution in [0.2, 0.25) is 0 Å². The van der Waals surface area contributed by atoms with Gasteiger partial charge in [0, 0.05) is 18.7 Å². The number of esters is 1. The number of ether oxygens (including phenoxy) is 1. The second kappa shape index (κ2) is 12.1. The minimum absolute atomic E-state index is 0.0875. The van der Waals surface area contributed by atoms with Gasteiger partial charge in [-0.1, -0.05) is 0 Å². The van der Waals surface area contributed by atoms with Gasteiger partial charge in [-0.25, -0.2) is 9.78 Å². The molecule has 1 N–H and O–H groups in total. The van der Waals surface area contributed by atoms with Gasteiger partial charge in [0.05, 0.1) is 29.3 Å². The number of aryl methyl sites for hydroxylation is 1. The number of benzene rings is 2. The van der Waals surface area contributed by atoms with Gasteiger partial charge in [0.15, 0.2) is 0 Å². The van der Waals surface area contributed by atoms with E-state index < -0.39 is 41.5 Å². The summed E-state index contributed by atoms with van der Waals surface area (Å²) in [6.07, 6.45) is -7.34. The Morgan fingerprint density at radius 1 is 0.921 bits per heavy atom. The summed E-state index contributed by atoms with van der Waals surface area (Å²) < 4.78 is 83.3. The molecule has 0 spiro atoms. The molecular formula is C24H22F6N4O4. The number of aromatic nitrogens is 3. The lowest BCUT2D eigenvalue weighted by atomic mass is 10.1. The van der Waals surface area contributed by atoms with E-state index in [-0.39, 0.29) is 43.8 Å². The van der Waals surface area contributed by atoms with Gasteiger partial charge in [0.1, 0.15) is 19.3 Å². The maximum Gasteiger partial charge on any atom is 0.416 e. The highest BCUT2D eigenvalue weighted by atomic mass is 19.4. The van der Waals surface area contributed by atoms with Gasteiger partial charge in [0.2, 0.25) is 0 Å². The van der Waals surface area contributed by atoms with Crippen molar-refractivity contribution in [1.29, 1.82) is 0 Å². The standard InChI is InChI=1S/C24H22F6N4O4/c25-23(26,27)18-5-1-16(2-6-18)21(36)33(13-20(35)9-10-34-15-31-14-32-34)11-12-38-22(37)17-3-7-19(8-4-17)24(28,29)30/h1-8,14-15,20,35H,9-13H2. The van der Waals surface area contributed by atoms with E-state index in [4.69, 9.17) is 4.74 Å². The summed E-state index contributed by atoms with van der Waals surface area (Å²) >= 11 is 0. The third-order valence-electron chi connectivity index (χ3n) is 5.38. The number of rotatable bonds is 10. The van der Waals surface area contributed by atoms with Crippen LogP contribution < -0.4 is 0 Å². The Bertz CT molecular complexity index is 1200. The molecule has 0 aliphatic heterocycles. The molecule has 38 heavy (non-hydrogen) atoms. The molecule has 8 nitrogen and oxygen atoms in total. The van der Waals surface area contributed by atoms with E-state index in [9.17, 15) is 41.0 Å². The molecule has 3 aromatic rings. The number of nitrogens with zero attached hydrogens (tertiary/aromatic N) is 4. The molecule has 0 radical (unpaired) electrons. The highest BCUT2D eigenvalue weighted by Gasteiger charge is 2.31. The topological polar surface area (TPSA) is 97.6 Å². The highest BCUT2D eigenvalue weighted by molar-refractivity contribution is 5.94. The second-order valence-corrected chi connectivity index (χ2v) is 8.14. The maximum atomic E-state index is 13.0. The summed E-state index contributed by atoms with van der Waals surface area (Å²) in [5, 5.41) is 14.3. The van der Waals surface area contributed by atoms with Gasteiger partial charge in [-0.05, 0) is 55.0 Å². The highest BCUT2D eigenvalue weighted by Crippen LogP contribution is 2.30. The third kappa shape index (κ3) is 8.03. The van der Waals surface area contributed by atoms with Crippen molar-refractivity contribution in [2.75, 3.05) is 19.7 Å². The lowest BCUT2D eigenvalue weighted by Gasteiger charge is -2.25. The molecule has 0 bridgehead atoms. The van der Waals surface area contributed by atoms with Crippen LogP contribution in [0.3, 0.4) is 0 Å². The van der Waals surface area contributed by atoms with Gasteiger partial charge in [0.25, 0.3) is 5.91 Å². The first-order valence-electron chi connectivity index (χ1n) is 11.2. The second-order valence-electron chi connectivity index (χ2n) is 8.14. The zero-order valence-corrected chi connectivity index (χ0v) is 19.6. The molecular weight excluding hydrogens is 522 g/mol. The Morgan fingerprint density at radius 2 is 1.47 bits per heavy atom. The molecule has 1 heterocycles. The molecule has 0 aliphatic carbocycles. The molecule has 2 aromatic carbocycles. The van der Waals surface area contributed by atoms with Crippen LogP contribution in [-0.2, 0) is 23.6 Å². The molecule has 1 aromatic heterocycles. The van der Waals surface area contributed by atoms with Gasteiger partial charge in [-0.3, -0.25) is 9.48 Å². The van der Waals surface area contributed by atoms with E-state index in [0.717, 1.165) is 53.4 Å². The molecule has 1 atom stereocenters. The van der Waals surface area contributed by atoms with E-state index in [1.165, 1.54) is 17.3 Å². The van der Waals surface area contributed by atoms with Crippen LogP contribution in [-0.4, -0.2) is 62.4 Å². The first-order chi connectivity index (χ1) is 17.8. The number of hydrogen-bond acceptors (Lipinski definition) is 6. The first kappa shape index (κ1) is 28.6. The van der Waals surface area contributed by atoms with Crippen LogP contribution in [0, 0.1) is 0 Å². The van der Waals surface area contributed by atoms with Crippen LogP contribution in [0.25, 0.3) is 0 Å². The normalized spacial score (nSPS) is 12.7. The van der Waals surface area contributed by atoms with Gasteiger partial charge >= 0.3 is 18.3 Å². The largest absolute Gasteiger partial charge is 0.460 e. The minimum atomic E-state index is -4.59. The van der Waals surface area contributed by atoms with E-state index in [1.54, 1.807) is 0 Å². The van der Waals surface area contributed by atoms with Crippen LogP contribution in [0.4, 0.5) is 26.3 Å². The average molecular weight is 544 g/mol. The summed E-state index contributed by atoms with van der Waals surface area (Å²) in [5.41, 5.74) is -2.12. The minimum Gasteiger partial charge on any atom is -0.460 e. The summed E-state index contributed by atoms with van der Waals surface area (Å²) in [6, 6.07) is 6.83. The Morgan fingerprint density at radius 3 is 1.97 bits per heavy atom. The smallest absolute Gasteiger partial charge is 0.416 e. The quantitative estimate of drug-likeness (QED) is 0.306. The Kier molecular flexibility index (Phi) is 9.09. The van der Waals surface area contributed by atoms with E-state index in [0.29, 0.717) is 0 Å². The van der Waals surface area contributed by atoms with Crippen molar-refractivity contribution in [1.82, 2.24) is 19.7 Å². The fourth-order valence-electron chi connectivity index (χ4n) is 3.36. The van der Waals surface area contributed by atoms with Crippen molar-refractivity contribution in [2.24, 2.45) is 0 Å². The van der Waals surface area contributed by atoms with Gasteiger partial charge < -0.3 is 14.7 Å². The predicted octanol–water partition coefficient (Wildman–Crippen LogP) is 4.07. The first-order valence-corrected chi connectivity index (χ1v) is 11.2. The Hall–Kier alpha value is -3.94. The fraction of sp³-hybridized carbons (Fsp3) is 0.333. The Balaban J connectivity index is 1.66. The van der Waals surface area contributed by atoms with Gasteiger partial charge in [-0.15, -0.1) is 0 Å². The molecule has 1 unspecified atom stereocenters. The summed E-state index contributed by atoms with van der Waals surface area (Å²) in [7, 11) is 0. The maximum absolute atomic E-state index is 13.0. The average Bonchev–Trinajstić information content (AvgIpc) is 3.39. The van der Waals surface area contributed by atoms with Crippen molar-refractivity contribution < 1.29 is 45.8 Å². The van der Waals surface area contributed by atoms with Crippen LogP contribution in [0.15, 0.2) is 61.2 Å². The number of alkyl halides is 6. The molecule has 3 rings (SSSR count). The summed E-state index contributed by atoms with van der Waals surface area (Å²) in [6.45, 7) is -0.604. The van der Waals surface area contributed by atoms with E-state index in [1.807, 2.05) is 0 Å². The van der Waals surface area contributed by atoms with Crippen LogP contribution in [0.5, 0.6) is 0 Å². The fourth-order valence-corrected chi connectivity index (χ4v) is 3.36. The van der Waals surface area contributed by atoms with Crippen molar-refractivity contribution in [3.8, 4) is 0 Å². The molecule has 0 saturated heterocycles. The van der Waals surface area contributed by atoms with Crippen molar-refractivity contribution in [3.05, 3.63) is 83.4 Å². The zero-order valence-electron chi connectivity index (χ0n) is 19.6. The van der Waals surface area contributed by atoms with Crippen LogP contribution in [0.1, 0.15) is 38.3 Å². The van der Waals surface area contributed by atoms with Gasteiger partial charge in [-0.2, -0.15) is 31.4 Å². The molecule has 0 fully saturated rings. The van der Waals surface area contributed by atoms with Crippen molar-refractivity contribution in [2.45, 2.75) is 31.4 Å². The van der Waals surface area contributed by atoms with E-state index in [2.05, 4.69) is 10.1 Å². The Labute approximate surface area is 212 Å². The SMILES string of the molecule is O=C(OCCN(CC(O)CCn1cncn1)C(=O)c1ccc(C(F)(F)F)cc1)c1ccc(C(F)(F)F)cc1. The van der Waals surface area contributed by atoms with Crippen molar-refractivity contribution in [3.63, 3.8) is 0 Å². The number of halogens is 6. The third-order valence-corrected chi connectivity index (χ3v) is 5.38. The summed E-state index contributed by atoms with van der Waals surface area (Å²) in [4.78, 5) is 30.1. The molecule has 0 saturated carbocycles. The lowest BCUT2D eigenvalue weighted by Crippen LogP contribution is -2.40. The van der Waals surface area contributed by atoms with Crippen molar-refractivity contribution >= 4 is 11.9 Å². The number of aliphatic hydroxyl groups is 1. The number of aliphatic hydroxyl groups excluding tert-OH is 1. The summed E-state index contributed by atoms with van der Waals surface area (Å²) in [5.74, 6) is -1.66. The number of amides is 1. The number of carbonyl (C=O) groups is 2. The number of hydrogen-bond donors (Lipinski definition) is 1. The molecule has 0 aliphatic rings. The monoisotopic (exact) mass is 544 g/mol. The predicted molar refractivity (Wildman–Crippen MR) is 120 cm³/mol. The van der Waals surface area contributed by atoms with E-state index >= 15 is 0 Å². The number of carbonyl (C=O) groups excluding carboxylic acids is 2.